The normalized spacial score (nSPS) is 12.5. The molecule has 1 unspecified atom stereocenters. The molecule has 7 nitrogen and oxygen atoms in total. The highest BCUT2D eigenvalue weighted by atomic mass is 15.3. The molecule has 19 heavy (non-hydrogen) atoms. The van der Waals surface area contributed by atoms with Crippen molar-refractivity contribution in [3.8, 4) is 5.95 Å². The second-order valence-electron chi connectivity index (χ2n) is 4.68. The second-order valence-corrected chi connectivity index (χ2v) is 4.68. The molecule has 2 aromatic rings. The molecule has 0 radical (unpaired) electrons. The summed E-state index contributed by atoms with van der Waals surface area (Å²) in [4.78, 5) is 17.0. The van der Waals surface area contributed by atoms with Crippen molar-refractivity contribution in [3.63, 3.8) is 0 Å². The van der Waals surface area contributed by atoms with Crippen LogP contribution in [0, 0.1) is 5.92 Å². The largest absolute Gasteiger partial charge is 0.357 e. The highest BCUT2D eigenvalue weighted by molar-refractivity contribution is 5.38. The maximum Gasteiger partial charge on any atom is 0.241 e. The van der Waals surface area contributed by atoms with E-state index in [-0.39, 0.29) is 6.04 Å². The zero-order valence-electron chi connectivity index (χ0n) is 11.6. The van der Waals surface area contributed by atoms with Crippen molar-refractivity contribution < 1.29 is 0 Å². The Hall–Kier alpha value is -2.18. The van der Waals surface area contributed by atoms with Crippen molar-refractivity contribution in [1.29, 1.82) is 0 Å². The number of aromatic nitrogens is 5. The molecule has 0 saturated carbocycles. The van der Waals surface area contributed by atoms with E-state index in [0.29, 0.717) is 23.8 Å². The molecular weight excluding hydrogens is 242 g/mol. The number of hydrogen-bond donors (Lipinski definition) is 2. The first-order valence-corrected chi connectivity index (χ1v) is 6.29. The molecule has 2 aromatic heterocycles. The molecule has 2 rings (SSSR count). The fraction of sp³-hybridized carbons (Fsp3) is 0.500. The van der Waals surface area contributed by atoms with Gasteiger partial charge in [-0.25, -0.2) is 4.98 Å². The van der Waals surface area contributed by atoms with E-state index in [9.17, 15) is 0 Å². The molecule has 0 saturated heterocycles. The molecule has 0 bridgehead atoms. The highest BCUT2D eigenvalue weighted by Crippen LogP contribution is 2.12. The lowest BCUT2D eigenvalue weighted by Crippen LogP contribution is -2.23. The molecule has 0 aliphatic heterocycles. The molecule has 2 heterocycles. The summed E-state index contributed by atoms with van der Waals surface area (Å²) in [5, 5.41) is 6.22. The summed E-state index contributed by atoms with van der Waals surface area (Å²) < 4.78 is 1.74. The van der Waals surface area contributed by atoms with E-state index >= 15 is 0 Å². The van der Waals surface area contributed by atoms with Gasteiger partial charge in [-0.15, -0.1) is 0 Å². The van der Waals surface area contributed by atoms with Gasteiger partial charge in [-0.2, -0.15) is 15.0 Å². The summed E-state index contributed by atoms with van der Waals surface area (Å²) in [6.07, 6.45) is 5.14. The first-order chi connectivity index (χ1) is 9.10. The van der Waals surface area contributed by atoms with E-state index in [1.54, 1.807) is 30.3 Å². The Balaban J connectivity index is 2.31. The lowest BCUT2D eigenvalue weighted by molar-refractivity contribution is 0.556. The number of anilines is 2. The average molecular weight is 261 g/mol. The Morgan fingerprint density at radius 1 is 1.11 bits per heavy atom. The van der Waals surface area contributed by atoms with Crippen LogP contribution in [0.5, 0.6) is 0 Å². The van der Waals surface area contributed by atoms with Crippen LogP contribution in [0.1, 0.15) is 20.8 Å². The van der Waals surface area contributed by atoms with Crippen molar-refractivity contribution in [2.75, 3.05) is 17.7 Å². The number of nitrogens with zero attached hydrogens (tertiary/aromatic N) is 5. The van der Waals surface area contributed by atoms with Crippen LogP contribution < -0.4 is 10.6 Å². The van der Waals surface area contributed by atoms with Crippen LogP contribution in [0.4, 0.5) is 11.9 Å². The van der Waals surface area contributed by atoms with Gasteiger partial charge in [-0.3, -0.25) is 4.57 Å². The van der Waals surface area contributed by atoms with Crippen LogP contribution in [0.3, 0.4) is 0 Å². The third kappa shape index (κ3) is 3.18. The maximum atomic E-state index is 4.40. The molecule has 2 N–H and O–H groups in total. The smallest absolute Gasteiger partial charge is 0.241 e. The number of hydrogen-bond acceptors (Lipinski definition) is 6. The van der Waals surface area contributed by atoms with Crippen molar-refractivity contribution in [2.24, 2.45) is 5.92 Å². The zero-order valence-corrected chi connectivity index (χ0v) is 11.6. The third-order valence-corrected chi connectivity index (χ3v) is 2.94. The summed E-state index contributed by atoms with van der Waals surface area (Å²) >= 11 is 0. The molecule has 0 aromatic carbocycles. The summed E-state index contributed by atoms with van der Waals surface area (Å²) in [6, 6.07) is 0.280. The number of nitrogens with one attached hydrogen (secondary N) is 2. The van der Waals surface area contributed by atoms with Crippen molar-refractivity contribution >= 4 is 11.9 Å². The summed E-state index contributed by atoms with van der Waals surface area (Å²) in [7, 11) is 1.78. The summed E-state index contributed by atoms with van der Waals surface area (Å²) in [5.41, 5.74) is 0. The molecule has 1 atom stereocenters. The van der Waals surface area contributed by atoms with Crippen LogP contribution in [0.25, 0.3) is 5.95 Å². The van der Waals surface area contributed by atoms with Crippen molar-refractivity contribution in [2.45, 2.75) is 26.8 Å². The quantitative estimate of drug-likeness (QED) is 0.850. The van der Waals surface area contributed by atoms with E-state index in [1.165, 1.54) is 0 Å². The Morgan fingerprint density at radius 2 is 1.84 bits per heavy atom. The minimum absolute atomic E-state index is 0.280. The Bertz CT molecular complexity index is 521. The topological polar surface area (TPSA) is 80.5 Å². The van der Waals surface area contributed by atoms with Crippen molar-refractivity contribution in [1.82, 2.24) is 24.5 Å². The summed E-state index contributed by atoms with van der Waals surface area (Å²) in [5.74, 6) is 2.11. The van der Waals surface area contributed by atoms with Gasteiger partial charge in [0.05, 0.1) is 0 Å². The number of rotatable bonds is 5. The van der Waals surface area contributed by atoms with Gasteiger partial charge in [0.15, 0.2) is 0 Å². The predicted molar refractivity (Wildman–Crippen MR) is 74.4 cm³/mol. The average Bonchev–Trinajstić information content (AvgIpc) is 2.92. The van der Waals surface area contributed by atoms with E-state index in [4.69, 9.17) is 0 Å². The van der Waals surface area contributed by atoms with E-state index < -0.39 is 0 Å². The molecule has 0 aliphatic carbocycles. The predicted octanol–water partition coefficient (Wildman–Crippen LogP) is 1.56. The van der Waals surface area contributed by atoms with Gasteiger partial charge < -0.3 is 10.6 Å². The minimum Gasteiger partial charge on any atom is -0.357 e. The molecule has 102 valence electrons. The van der Waals surface area contributed by atoms with E-state index in [2.05, 4.69) is 51.3 Å². The van der Waals surface area contributed by atoms with Gasteiger partial charge in [0, 0.05) is 25.5 Å². The molecule has 0 aliphatic rings. The van der Waals surface area contributed by atoms with E-state index in [1.807, 2.05) is 0 Å². The van der Waals surface area contributed by atoms with Crippen LogP contribution in [0.15, 0.2) is 18.7 Å². The number of imidazole rings is 1. The third-order valence-electron chi connectivity index (χ3n) is 2.94. The molecular formula is C12H19N7. The zero-order chi connectivity index (χ0) is 13.8. The Morgan fingerprint density at radius 3 is 2.42 bits per heavy atom. The van der Waals surface area contributed by atoms with E-state index in [0.717, 1.165) is 0 Å². The SMILES string of the molecule is CNc1nc(NC(C)C(C)C)nc(-n2ccnc2)n1. The molecule has 0 spiro atoms. The first-order valence-electron chi connectivity index (χ1n) is 6.29. The van der Waals surface area contributed by atoms with Crippen LogP contribution in [0.2, 0.25) is 0 Å². The van der Waals surface area contributed by atoms with Gasteiger partial charge in [0.25, 0.3) is 0 Å². The van der Waals surface area contributed by atoms with Gasteiger partial charge >= 0.3 is 0 Å². The first kappa shape index (κ1) is 13.3. The standard InChI is InChI=1S/C12H19N7/c1-8(2)9(3)15-11-16-10(13-4)17-12(18-11)19-6-5-14-7-19/h5-9H,1-4H3,(H2,13,15,16,17,18). The molecule has 0 fully saturated rings. The van der Waals surface area contributed by atoms with Gasteiger partial charge in [-0.1, -0.05) is 13.8 Å². The lowest BCUT2D eigenvalue weighted by atomic mass is 10.1. The maximum absolute atomic E-state index is 4.40. The van der Waals surface area contributed by atoms with Crippen LogP contribution in [-0.4, -0.2) is 37.6 Å². The molecule has 0 amide bonds. The van der Waals surface area contributed by atoms with Crippen molar-refractivity contribution in [3.05, 3.63) is 18.7 Å². The van der Waals surface area contributed by atoms with Gasteiger partial charge in [0.1, 0.15) is 6.33 Å². The fourth-order valence-corrected chi connectivity index (χ4v) is 1.40. The summed E-state index contributed by atoms with van der Waals surface area (Å²) in [6.45, 7) is 6.40. The molecule has 7 heteroatoms. The van der Waals surface area contributed by atoms with Crippen LogP contribution in [-0.2, 0) is 0 Å². The monoisotopic (exact) mass is 261 g/mol. The van der Waals surface area contributed by atoms with Gasteiger partial charge in [0.2, 0.25) is 17.8 Å². The highest BCUT2D eigenvalue weighted by Gasteiger charge is 2.11. The Kier molecular flexibility index (Phi) is 3.94. The van der Waals surface area contributed by atoms with Gasteiger partial charge in [-0.05, 0) is 12.8 Å². The lowest BCUT2D eigenvalue weighted by Gasteiger charge is -2.17. The minimum atomic E-state index is 0.280. The van der Waals surface area contributed by atoms with Crippen LogP contribution >= 0.6 is 0 Å². The Labute approximate surface area is 112 Å². The second kappa shape index (κ2) is 5.64. The fourth-order valence-electron chi connectivity index (χ4n) is 1.40.